The van der Waals surface area contributed by atoms with Crippen LogP contribution in [0.15, 0.2) is 12.3 Å². The summed E-state index contributed by atoms with van der Waals surface area (Å²) in [7, 11) is 1.69. The highest BCUT2D eigenvalue weighted by molar-refractivity contribution is 6.32. The van der Waals surface area contributed by atoms with Crippen LogP contribution in [0.25, 0.3) is 0 Å². The maximum atomic E-state index is 12.0. The first-order valence-electron chi connectivity index (χ1n) is 6.24. The number of nitrogen functional groups attached to an aromatic ring is 1. The molecular weight excluding hydrogens is 266 g/mol. The molecule has 0 aliphatic heterocycles. The van der Waals surface area contributed by atoms with Crippen molar-refractivity contribution < 1.29 is 9.53 Å². The third-order valence-corrected chi connectivity index (χ3v) is 3.82. The van der Waals surface area contributed by atoms with Crippen LogP contribution in [-0.2, 0) is 4.74 Å². The molecule has 104 valence electrons. The third kappa shape index (κ3) is 3.58. The molecule has 1 saturated carbocycles. The van der Waals surface area contributed by atoms with E-state index in [0.717, 1.165) is 25.9 Å². The van der Waals surface area contributed by atoms with Gasteiger partial charge in [-0.2, -0.15) is 0 Å². The fraction of sp³-hybridized carbons (Fsp3) is 0.538. The molecule has 0 saturated heterocycles. The van der Waals surface area contributed by atoms with Crippen molar-refractivity contribution >= 4 is 23.2 Å². The minimum atomic E-state index is -0.228. The summed E-state index contributed by atoms with van der Waals surface area (Å²) in [6.07, 6.45) is 4.64. The van der Waals surface area contributed by atoms with Gasteiger partial charge in [0.2, 0.25) is 0 Å². The Bertz CT molecular complexity index is 475. The van der Waals surface area contributed by atoms with Gasteiger partial charge < -0.3 is 15.8 Å². The molecule has 1 aliphatic rings. The molecule has 0 unspecified atom stereocenters. The normalized spacial score (nSPS) is 16.1. The number of hydrogen-bond donors (Lipinski definition) is 2. The summed E-state index contributed by atoms with van der Waals surface area (Å²) in [5.41, 5.74) is 6.56. The zero-order chi connectivity index (χ0) is 13.9. The molecule has 3 N–H and O–H groups in total. The van der Waals surface area contributed by atoms with E-state index in [1.54, 1.807) is 13.2 Å². The standard InChI is InChI=1S/C13H18ClN3O2/c1-19-5-4-13(2-3-13)8-17-12(18)10-6-9(15)7-16-11(10)14/h6-7H,2-5,8,15H2,1H3,(H,17,18). The number of carbonyl (C=O) groups is 1. The predicted octanol–water partition coefficient (Wildman–Crippen LogP) is 1.86. The highest BCUT2D eigenvalue weighted by Gasteiger charge is 2.42. The lowest BCUT2D eigenvalue weighted by Crippen LogP contribution is -2.31. The number of nitrogens with one attached hydrogen (secondary N) is 1. The first-order valence-corrected chi connectivity index (χ1v) is 6.62. The van der Waals surface area contributed by atoms with Gasteiger partial charge in [-0.15, -0.1) is 0 Å². The average molecular weight is 284 g/mol. The van der Waals surface area contributed by atoms with Crippen molar-refractivity contribution in [3.63, 3.8) is 0 Å². The van der Waals surface area contributed by atoms with E-state index in [9.17, 15) is 4.79 Å². The molecule has 1 amide bonds. The smallest absolute Gasteiger partial charge is 0.254 e. The fourth-order valence-electron chi connectivity index (χ4n) is 2.00. The summed E-state index contributed by atoms with van der Waals surface area (Å²) in [6.45, 7) is 1.36. The van der Waals surface area contributed by atoms with Gasteiger partial charge in [0, 0.05) is 20.3 Å². The summed E-state index contributed by atoms with van der Waals surface area (Å²) in [6, 6.07) is 1.54. The highest BCUT2D eigenvalue weighted by atomic mass is 35.5. The highest BCUT2D eigenvalue weighted by Crippen LogP contribution is 2.48. The van der Waals surface area contributed by atoms with Gasteiger partial charge >= 0.3 is 0 Å². The molecule has 1 aromatic heterocycles. The lowest BCUT2D eigenvalue weighted by molar-refractivity contribution is 0.0938. The number of carbonyl (C=O) groups excluding carboxylic acids is 1. The Kier molecular flexibility index (Phi) is 4.27. The molecule has 1 heterocycles. The van der Waals surface area contributed by atoms with Gasteiger partial charge in [-0.25, -0.2) is 4.98 Å². The largest absolute Gasteiger partial charge is 0.397 e. The molecule has 0 atom stereocenters. The number of amides is 1. The number of hydrogen-bond acceptors (Lipinski definition) is 4. The van der Waals surface area contributed by atoms with Crippen LogP contribution in [0, 0.1) is 5.41 Å². The first kappa shape index (κ1) is 14.1. The van der Waals surface area contributed by atoms with Crippen molar-refractivity contribution in [2.24, 2.45) is 5.41 Å². The Hall–Kier alpha value is -1.33. The maximum Gasteiger partial charge on any atom is 0.254 e. The molecule has 1 fully saturated rings. The molecule has 0 aromatic carbocycles. The molecular formula is C13H18ClN3O2. The maximum absolute atomic E-state index is 12.0. The Balaban J connectivity index is 1.93. The quantitative estimate of drug-likeness (QED) is 0.781. The zero-order valence-corrected chi connectivity index (χ0v) is 11.7. The van der Waals surface area contributed by atoms with Crippen molar-refractivity contribution in [1.29, 1.82) is 0 Å². The van der Waals surface area contributed by atoms with Gasteiger partial charge in [0.15, 0.2) is 0 Å². The Labute approximate surface area is 117 Å². The van der Waals surface area contributed by atoms with Gasteiger partial charge in [0.25, 0.3) is 5.91 Å². The van der Waals surface area contributed by atoms with E-state index in [1.165, 1.54) is 6.20 Å². The number of methoxy groups -OCH3 is 1. The van der Waals surface area contributed by atoms with Crippen LogP contribution in [-0.4, -0.2) is 31.2 Å². The van der Waals surface area contributed by atoms with Crippen molar-refractivity contribution in [3.8, 4) is 0 Å². The van der Waals surface area contributed by atoms with E-state index in [2.05, 4.69) is 10.3 Å². The van der Waals surface area contributed by atoms with Crippen LogP contribution in [0.1, 0.15) is 29.6 Å². The topological polar surface area (TPSA) is 77.2 Å². The summed E-state index contributed by atoms with van der Waals surface area (Å²) < 4.78 is 5.08. The fourth-order valence-corrected chi connectivity index (χ4v) is 2.19. The molecule has 2 rings (SSSR count). The first-order chi connectivity index (χ1) is 9.06. The second-order valence-corrected chi connectivity index (χ2v) is 5.39. The molecule has 0 bridgehead atoms. The molecule has 1 aliphatic carbocycles. The third-order valence-electron chi connectivity index (χ3n) is 3.52. The number of pyridine rings is 1. The van der Waals surface area contributed by atoms with Crippen molar-refractivity contribution in [2.45, 2.75) is 19.3 Å². The van der Waals surface area contributed by atoms with E-state index in [0.29, 0.717) is 17.8 Å². The van der Waals surface area contributed by atoms with Crippen LogP contribution in [0.2, 0.25) is 5.15 Å². The number of rotatable bonds is 6. The summed E-state index contributed by atoms with van der Waals surface area (Å²) in [5, 5.41) is 3.08. The number of anilines is 1. The Morgan fingerprint density at radius 3 is 3.00 bits per heavy atom. The van der Waals surface area contributed by atoms with Gasteiger partial charge in [-0.05, 0) is 30.7 Å². The van der Waals surface area contributed by atoms with E-state index in [4.69, 9.17) is 22.1 Å². The van der Waals surface area contributed by atoms with Crippen LogP contribution < -0.4 is 11.1 Å². The second kappa shape index (κ2) is 5.75. The summed E-state index contributed by atoms with van der Waals surface area (Å²) in [4.78, 5) is 15.9. The minimum absolute atomic E-state index is 0.174. The lowest BCUT2D eigenvalue weighted by atomic mass is 10.0. The van der Waals surface area contributed by atoms with Crippen LogP contribution >= 0.6 is 11.6 Å². The number of ether oxygens (including phenoxy) is 1. The number of halogens is 1. The SMILES string of the molecule is COCCC1(CNC(=O)c2cc(N)cnc2Cl)CC1. The van der Waals surface area contributed by atoms with E-state index in [-0.39, 0.29) is 16.5 Å². The monoisotopic (exact) mass is 283 g/mol. The summed E-state index contributed by atoms with van der Waals surface area (Å²) in [5.74, 6) is -0.228. The Morgan fingerprint density at radius 2 is 2.37 bits per heavy atom. The Morgan fingerprint density at radius 1 is 1.63 bits per heavy atom. The predicted molar refractivity (Wildman–Crippen MR) is 74.2 cm³/mol. The molecule has 1 aromatic rings. The van der Waals surface area contributed by atoms with Gasteiger partial charge in [0.1, 0.15) is 5.15 Å². The number of aromatic nitrogens is 1. The van der Waals surface area contributed by atoms with Gasteiger partial charge in [0.05, 0.1) is 17.4 Å². The molecule has 6 heteroatoms. The van der Waals surface area contributed by atoms with Gasteiger partial charge in [-0.1, -0.05) is 11.6 Å². The number of nitrogens with zero attached hydrogens (tertiary/aromatic N) is 1. The number of nitrogens with two attached hydrogens (primary N) is 1. The van der Waals surface area contributed by atoms with Crippen LogP contribution in [0.4, 0.5) is 5.69 Å². The lowest BCUT2D eigenvalue weighted by Gasteiger charge is -2.15. The van der Waals surface area contributed by atoms with Crippen molar-refractivity contribution in [1.82, 2.24) is 10.3 Å². The van der Waals surface area contributed by atoms with Crippen LogP contribution in [0.5, 0.6) is 0 Å². The van der Waals surface area contributed by atoms with Crippen molar-refractivity contribution in [2.75, 3.05) is 26.0 Å². The molecule has 0 spiro atoms. The van der Waals surface area contributed by atoms with E-state index < -0.39 is 0 Å². The van der Waals surface area contributed by atoms with Crippen molar-refractivity contribution in [3.05, 3.63) is 23.0 Å². The summed E-state index contributed by atoms with van der Waals surface area (Å²) >= 11 is 5.89. The molecule has 0 radical (unpaired) electrons. The van der Waals surface area contributed by atoms with E-state index >= 15 is 0 Å². The molecule has 5 nitrogen and oxygen atoms in total. The second-order valence-electron chi connectivity index (χ2n) is 5.03. The van der Waals surface area contributed by atoms with Gasteiger partial charge in [-0.3, -0.25) is 4.79 Å². The average Bonchev–Trinajstić information content (AvgIpc) is 3.17. The van der Waals surface area contributed by atoms with Crippen LogP contribution in [0.3, 0.4) is 0 Å². The minimum Gasteiger partial charge on any atom is -0.397 e. The molecule has 19 heavy (non-hydrogen) atoms. The van der Waals surface area contributed by atoms with E-state index in [1.807, 2.05) is 0 Å². The zero-order valence-electron chi connectivity index (χ0n) is 10.9.